The van der Waals surface area contributed by atoms with Crippen LogP contribution in [0.15, 0.2) is 97.1 Å². The van der Waals surface area contributed by atoms with Gasteiger partial charge in [-0.1, -0.05) is 36.4 Å². The lowest BCUT2D eigenvalue weighted by atomic mass is 10.1. The van der Waals surface area contributed by atoms with Gasteiger partial charge in [0.2, 0.25) is 0 Å². The maximum Gasteiger partial charge on any atom is 0.139 e. The third-order valence-corrected chi connectivity index (χ3v) is 6.75. The fraction of sp³-hybridized carbons (Fsp3) is 0. The van der Waals surface area contributed by atoms with Crippen LogP contribution in [0.4, 0.5) is 0 Å². The number of para-hydroxylation sites is 2. The summed E-state index contributed by atoms with van der Waals surface area (Å²) in [4.78, 5) is 16.5. The molecule has 4 aromatic heterocycles. The SMILES string of the molecule is c1ccc2c(c1)[nH]c1nc3ccc(Oc4ccc5nc6[nH]c7ccccc7c6cc5c4)cc3cc12. The van der Waals surface area contributed by atoms with Crippen LogP contribution in [0, 0.1) is 0 Å². The molecular formula is C30H18N4O. The Hall–Kier alpha value is -4.90. The van der Waals surface area contributed by atoms with Gasteiger partial charge in [0.1, 0.15) is 22.8 Å². The summed E-state index contributed by atoms with van der Waals surface area (Å²) in [5.74, 6) is 1.55. The van der Waals surface area contributed by atoms with E-state index in [4.69, 9.17) is 14.7 Å². The van der Waals surface area contributed by atoms with Crippen molar-refractivity contribution < 1.29 is 4.74 Å². The largest absolute Gasteiger partial charge is 0.457 e. The molecule has 0 spiro atoms. The molecule has 0 unspecified atom stereocenters. The van der Waals surface area contributed by atoms with E-state index in [1.54, 1.807) is 0 Å². The van der Waals surface area contributed by atoms with E-state index in [1.165, 1.54) is 10.8 Å². The highest BCUT2D eigenvalue weighted by Gasteiger charge is 2.10. The van der Waals surface area contributed by atoms with Crippen LogP contribution in [0.1, 0.15) is 0 Å². The molecule has 0 fully saturated rings. The van der Waals surface area contributed by atoms with Crippen molar-refractivity contribution in [3.8, 4) is 11.5 Å². The monoisotopic (exact) mass is 450 g/mol. The standard InChI is InChI=1S/C30H18N4O/c1-3-7-27-21(5-1)23-15-17-13-19(9-11-25(17)31-29(23)33-27)35-20-10-12-26-18(14-20)16-24-22-6-2-4-8-28(22)34-30(24)32-26/h1-16H,(H,31,33)(H,32,34). The predicted molar refractivity (Wildman–Crippen MR) is 142 cm³/mol. The van der Waals surface area contributed by atoms with Gasteiger partial charge in [0.15, 0.2) is 0 Å². The molecule has 4 heterocycles. The second-order valence-electron chi connectivity index (χ2n) is 8.92. The lowest BCUT2D eigenvalue weighted by Gasteiger charge is -2.08. The number of aromatic amines is 2. The van der Waals surface area contributed by atoms with Crippen LogP contribution >= 0.6 is 0 Å². The molecule has 4 aromatic carbocycles. The minimum absolute atomic E-state index is 0.777. The molecule has 0 saturated carbocycles. The van der Waals surface area contributed by atoms with Crippen LogP contribution in [-0.4, -0.2) is 19.9 Å². The maximum atomic E-state index is 6.29. The number of hydrogen-bond acceptors (Lipinski definition) is 3. The van der Waals surface area contributed by atoms with Crippen LogP contribution in [0.5, 0.6) is 11.5 Å². The van der Waals surface area contributed by atoms with Gasteiger partial charge in [0, 0.05) is 43.4 Å². The van der Waals surface area contributed by atoms with E-state index in [-0.39, 0.29) is 0 Å². The van der Waals surface area contributed by atoms with Gasteiger partial charge in [-0.05, 0) is 60.7 Å². The first-order valence-electron chi connectivity index (χ1n) is 11.6. The maximum absolute atomic E-state index is 6.29. The molecule has 164 valence electrons. The van der Waals surface area contributed by atoms with Gasteiger partial charge in [0.05, 0.1) is 11.0 Å². The summed E-state index contributed by atoms with van der Waals surface area (Å²) in [5.41, 5.74) is 5.85. The van der Waals surface area contributed by atoms with Crippen LogP contribution in [0.3, 0.4) is 0 Å². The molecule has 0 amide bonds. The van der Waals surface area contributed by atoms with Crippen molar-refractivity contribution in [2.75, 3.05) is 0 Å². The van der Waals surface area contributed by atoms with E-state index in [1.807, 2.05) is 36.4 Å². The summed E-state index contributed by atoms with van der Waals surface area (Å²) in [7, 11) is 0. The summed E-state index contributed by atoms with van der Waals surface area (Å²) in [6.07, 6.45) is 0. The molecule has 2 N–H and O–H groups in total. The molecular weight excluding hydrogens is 432 g/mol. The summed E-state index contributed by atoms with van der Waals surface area (Å²) in [6.45, 7) is 0. The molecule has 0 radical (unpaired) electrons. The zero-order chi connectivity index (χ0) is 22.9. The quantitative estimate of drug-likeness (QED) is 0.282. The van der Waals surface area contributed by atoms with Crippen molar-refractivity contribution in [2.24, 2.45) is 0 Å². The van der Waals surface area contributed by atoms with Crippen molar-refractivity contribution >= 4 is 65.7 Å². The first-order valence-corrected chi connectivity index (χ1v) is 11.6. The molecule has 8 aromatic rings. The number of benzene rings is 4. The number of pyridine rings is 2. The first-order chi connectivity index (χ1) is 17.3. The highest BCUT2D eigenvalue weighted by molar-refractivity contribution is 6.10. The Balaban J connectivity index is 1.22. The third-order valence-electron chi connectivity index (χ3n) is 6.75. The Morgan fingerprint density at radius 2 is 0.971 bits per heavy atom. The van der Waals surface area contributed by atoms with Gasteiger partial charge in [-0.15, -0.1) is 0 Å². The van der Waals surface area contributed by atoms with E-state index in [2.05, 4.69) is 70.6 Å². The summed E-state index contributed by atoms with van der Waals surface area (Å²) < 4.78 is 6.29. The zero-order valence-corrected chi connectivity index (χ0v) is 18.5. The van der Waals surface area contributed by atoms with Gasteiger partial charge in [-0.25, -0.2) is 9.97 Å². The minimum Gasteiger partial charge on any atom is -0.457 e. The topological polar surface area (TPSA) is 66.6 Å². The molecule has 0 bridgehead atoms. The first kappa shape index (κ1) is 18.5. The predicted octanol–water partition coefficient (Wildman–Crippen LogP) is 7.84. The molecule has 8 rings (SSSR count). The summed E-state index contributed by atoms with van der Waals surface area (Å²) in [6, 6.07) is 33.0. The van der Waals surface area contributed by atoms with Gasteiger partial charge in [0.25, 0.3) is 0 Å². The highest BCUT2D eigenvalue weighted by atomic mass is 16.5. The van der Waals surface area contributed by atoms with Crippen molar-refractivity contribution in [1.82, 2.24) is 19.9 Å². The Bertz CT molecular complexity index is 1950. The van der Waals surface area contributed by atoms with Crippen LogP contribution in [0.2, 0.25) is 0 Å². The van der Waals surface area contributed by atoms with Gasteiger partial charge < -0.3 is 14.7 Å². The van der Waals surface area contributed by atoms with Gasteiger partial charge in [-0.2, -0.15) is 0 Å². The Morgan fingerprint density at radius 3 is 1.49 bits per heavy atom. The smallest absolute Gasteiger partial charge is 0.139 e. The number of H-pyrrole nitrogens is 2. The Kier molecular flexibility index (Phi) is 3.60. The average Bonchev–Trinajstić information content (AvgIpc) is 3.43. The molecule has 5 nitrogen and oxygen atoms in total. The lowest BCUT2D eigenvalue weighted by Crippen LogP contribution is -1.87. The van der Waals surface area contributed by atoms with E-state index in [0.29, 0.717) is 0 Å². The second kappa shape index (κ2) is 6.81. The van der Waals surface area contributed by atoms with Crippen molar-refractivity contribution in [3.63, 3.8) is 0 Å². The van der Waals surface area contributed by atoms with Gasteiger partial charge in [-0.3, -0.25) is 0 Å². The fourth-order valence-corrected chi connectivity index (χ4v) is 5.08. The van der Waals surface area contributed by atoms with E-state index in [9.17, 15) is 0 Å². The number of ether oxygens (including phenoxy) is 1. The summed E-state index contributed by atoms with van der Waals surface area (Å²) in [5, 5.41) is 6.67. The number of fused-ring (bicyclic) bond motifs is 8. The molecule has 0 atom stereocenters. The van der Waals surface area contributed by atoms with Crippen LogP contribution in [0.25, 0.3) is 65.7 Å². The third kappa shape index (κ3) is 2.82. The number of hydrogen-bond donors (Lipinski definition) is 2. The van der Waals surface area contributed by atoms with Crippen molar-refractivity contribution in [1.29, 1.82) is 0 Å². The highest BCUT2D eigenvalue weighted by Crippen LogP contribution is 2.33. The Labute approximate surface area is 199 Å². The molecule has 0 saturated heterocycles. The minimum atomic E-state index is 0.777. The molecule has 5 heteroatoms. The number of nitrogens with one attached hydrogen (secondary N) is 2. The molecule has 35 heavy (non-hydrogen) atoms. The van der Waals surface area contributed by atoms with Gasteiger partial charge >= 0.3 is 0 Å². The summed E-state index contributed by atoms with van der Waals surface area (Å²) >= 11 is 0. The molecule has 0 aliphatic rings. The second-order valence-corrected chi connectivity index (χ2v) is 8.92. The van der Waals surface area contributed by atoms with Crippen molar-refractivity contribution in [2.45, 2.75) is 0 Å². The van der Waals surface area contributed by atoms with Crippen molar-refractivity contribution in [3.05, 3.63) is 97.1 Å². The number of rotatable bonds is 2. The molecule has 0 aliphatic carbocycles. The number of aromatic nitrogens is 4. The Morgan fingerprint density at radius 1 is 0.486 bits per heavy atom. The zero-order valence-electron chi connectivity index (χ0n) is 18.5. The van der Waals surface area contributed by atoms with E-state index in [0.717, 1.165) is 66.4 Å². The molecule has 0 aliphatic heterocycles. The van der Waals surface area contributed by atoms with Crippen LogP contribution < -0.4 is 4.74 Å². The van der Waals surface area contributed by atoms with Crippen LogP contribution in [-0.2, 0) is 0 Å². The average molecular weight is 451 g/mol. The van der Waals surface area contributed by atoms with E-state index < -0.39 is 0 Å². The normalized spacial score (nSPS) is 12.0. The van der Waals surface area contributed by atoms with E-state index >= 15 is 0 Å². The fourth-order valence-electron chi connectivity index (χ4n) is 5.08. The number of nitrogens with zero attached hydrogens (tertiary/aromatic N) is 2. The lowest BCUT2D eigenvalue weighted by molar-refractivity contribution is 0.484.